The zero-order valence-corrected chi connectivity index (χ0v) is 12.1. The Morgan fingerprint density at radius 2 is 2.04 bits per heavy atom. The molecule has 8 heteroatoms. The topological polar surface area (TPSA) is 73.9 Å². The molecule has 0 aromatic carbocycles. The number of nitrogens with zero attached hydrogens (tertiary/aromatic N) is 4. The smallest absolute Gasteiger partial charge is 0.314 e. The number of rotatable bonds is 5. The zero-order valence-electron chi connectivity index (χ0n) is 12.1. The molecular weight excluding hydrogens is 306 g/mol. The van der Waals surface area contributed by atoms with Crippen molar-refractivity contribution in [2.24, 2.45) is 0 Å². The first-order valence-corrected chi connectivity index (χ1v) is 6.74. The van der Waals surface area contributed by atoms with Crippen molar-refractivity contribution in [1.29, 1.82) is 0 Å². The molecule has 0 aliphatic rings. The molecule has 3 aromatic heterocycles. The molecule has 0 saturated carbocycles. The first kappa shape index (κ1) is 15.0. The largest absolute Gasteiger partial charge is 0.487 e. The van der Waals surface area contributed by atoms with Crippen LogP contribution in [0.3, 0.4) is 0 Å². The summed E-state index contributed by atoms with van der Waals surface area (Å²) in [7, 11) is 0. The van der Waals surface area contributed by atoms with E-state index in [1.165, 1.54) is 6.20 Å². The Kier molecular flexibility index (Phi) is 4.22. The number of hydrogen-bond acceptors (Lipinski definition) is 6. The van der Waals surface area contributed by atoms with E-state index in [-0.39, 0.29) is 12.5 Å². The van der Waals surface area contributed by atoms with E-state index in [9.17, 15) is 8.78 Å². The minimum atomic E-state index is -2.79. The van der Waals surface area contributed by atoms with E-state index in [4.69, 9.17) is 9.15 Å². The summed E-state index contributed by atoms with van der Waals surface area (Å²) >= 11 is 0. The average Bonchev–Trinajstić information content (AvgIpc) is 3.04. The van der Waals surface area contributed by atoms with Crippen LogP contribution in [0.15, 0.2) is 41.1 Å². The summed E-state index contributed by atoms with van der Waals surface area (Å²) in [5.74, 6) is -0.00709. The first-order valence-electron chi connectivity index (χ1n) is 6.74. The Hall–Kier alpha value is -2.90. The van der Waals surface area contributed by atoms with Crippen molar-refractivity contribution in [1.82, 2.24) is 20.2 Å². The molecule has 118 valence electrons. The number of aromatic nitrogens is 4. The van der Waals surface area contributed by atoms with Gasteiger partial charge in [-0.2, -0.15) is 8.78 Å². The molecule has 6 nitrogen and oxygen atoms in total. The minimum Gasteiger partial charge on any atom is -0.487 e. The number of aryl methyl sites for hydroxylation is 1. The van der Waals surface area contributed by atoms with Gasteiger partial charge in [0.15, 0.2) is 0 Å². The van der Waals surface area contributed by atoms with Crippen molar-refractivity contribution in [3.8, 4) is 17.2 Å². The zero-order chi connectivity index (χ0) is 16.2. The van der Waals surface area contributed by atoms with E-state index in [1.807, 2.05) is 13.0 Å². The number of hydrogen-bond donors (Lipinski definition) is 0. The van der Waals surface area contributed by atoms with Crippen molar-refractivity contribution in [2.75, 3.05) is 0 Å². The summed E-state index contributed by atoms with van der Waals surface area (Å²) in [6, 6.07) is 6.94. The maximum absolute atomic E-state index is 12.4. The summed E-state index contributed by atoms with van der Waals surface area (Å²) in [6.07, 6.45) is 0.345. The Balaban J connectivity index is 1.67. The van der Waals surface area contributed by atoms with Gasteiger partial charge in [0, 0.05) is 24.2 Å². The predicted molar refractivity (Wildman–Crippen MR) is 75.8 cm³/mol. The van der Waals surface area contributed by atoms with E-state index >= 15 is 0 Å². The molecule has 0 N–H and O–H groups in total. The number of ether oxygens (including phenoxy) is 1. The minimum absolute atomic E-state index is 0.00465. The fraction of sp³-hybridized carbons (Fsp3) is 0.200. The van der Waals surface area contributed by atoms with Gasteiger partial charge in [-0.25, -0.2) is 0 Å². The van der Waals surface area contributed by atoms with Gasteiger partial charge in [0.1, 0.15) is 12.4 Å². The molecule has 0 unspecified atom stereocenters. The highest BCUT2D eigenvalue weighted by atomic mass is 19.3. The van der Waals surface area contributed by atoms with Gasteiger partial charge >= 0.3 is 6.43 Å². The van der Waals surface area contributed by atoms with Gasteiger partial charge in [-0.15, -0.1) is 10.2 Å². The normalized spacial score (nSPS) is 11.0. The van der Waals surface area contributed by atoms with Gasteiger partial charge in [-0.05, 0) is 25.1 Å². The lowest BCUT2D eigenvalue weighted by Gasteiger charge is -2.06. The van der Waals surface area contributed by atoms with E-state index in [0.29, 0.717) is 17.0 Å². The van der Waals surface area contributed by atoms with Gasteiger partial charge in [-0.1, -0.05) is 0 Å². The number of halogens is 2. The fourth-order valence-electron chi connectivity index (χ4n) is 1.84. The third-order valence-corrected chi connectivity index (χ3v) is 2.95. The number of pyridine rings is 2. The molecule has 0 spiro atoms. The van der Waals surface area contributed by atoms with E-state index in [1.54, 1.807) is 24.4 Å². The highest BCUT2D eigenvalue weighted by molar-refractivity contribution is 5.50. The second kappa shape index (κ2) is 6.47. The predicted octanol–water partition coefficient (Wildman–Crippen LogP) is 3.35. The molecule has 3 heterocycles. The SMILES string of the molecule is Cc1cc(OCc2ccc(-c3nnc(C(F)F)o3)cn2)ccn1. The lowest BCUT2D eigenvalue weighted by atomic mass is 10.2. The Morgan fingerprint density at radius 1 is 1.17 bits per heavy atom. The van der Waals surface area contributed by atoms with Crippen molar-refractivity contribution in [2.45, 2.75) is 20.0 Å². The standard InChI is InChI=1S/C15H12F2N4O2/c1-9-6-12(4-5-18-9)22-8-11-3-2-10(7-19-11)14-20-21-15(23-14)13(16)17/h2-7,13H,8H2,1H3. The van der Waals surface area contributed by atoms with Crippen LogP contribution in [0.25, 0.3) is 11.5 Å². The van der Waals surface area contributed by atoms with E-state index in [2.05, 4.69) is 20.2 Å². The molecule has 3 rings (SSSR count). The van der Waals surface area contributed by atoms with Gasteiger partial charge < -0.3 is 9.15 Å². The Labute approximate surface area is 130 Å². The summed E-state index contributed by atoms with van der Waals surface area (Å²) in [5, 5.41) is 6.84. The van der Waals surface area contributed by atoms with Gasteiger partial charge in [0.05, 0.1) is 11.3 Å². The summed E-state index contributed by atoms with van der Waals surface area (Å²) in [5.41, 5.74) is 2.00. The molecule has 0 bridgehead atoms. The average molecular weight is 318 g/mol. The van der Waals surface area contributed by atoms with Crippen molar-refractivity contribution in [3.63, 3.8) is 0 Å². The molecule has 0 saturated heterocycles. The maximum atomic E-state index is 12.4. The van der Waals surface area contributed by atoms with Crippen molar-refractivity contribution < 1.29 is 17.9 Å². The highest BCUT2D eigenvalue weighted by Crippen LogP contribution is 2.22. The molecule has 3 aromatic rings. The Morgan fingerprint density at radius 3 is 2.70 bits per heavy atom. The quantitative estimate of drug-likeness (QED) is 0.718. The van der Waals surface area contributed by atoms with Gasteiger partial charge in [0.2, 0.25) is 5.89 Å². The van der Waals surface area contributed by atoms with Crippen molar-refractivity contribution in [3.05, 3.63) is 53.9 Å². The molecule has 23 heavy (non-hydrogen) atoms. The van der Waals surface area contributed by atoms with Crippen LogP contribution < -0.4 is 4.74 Å². The third kappa shape index (κ3) is 3.65. The second-order valence-corrected chi connectivity index (χ2v) is 4.71. The molecule has 0 fully saturated rings. The molecule has 0 radical (unpaired) electrons. The van der Waals surface area contributed by atoms with Crippen LogP contribution in [-0.4, -0.2) is 20.2 Å². The lowest BCUT2D eigenvalue weighted by Crippen LogP contribution is -1.98. The van der Waals surface area contributed by atoms with Crippen LogP contribution in [0.2, 0.25) is 0 Å². The maximum Gasteiger partial charge on any atom is 0.314 e. The van der Waals surface area contributed by atoms with Crippen LogP contribution >= 0.6 is 0 Å². The monoisotopic (exact) mass is 318 g/mol. The lowest BCUT2D eigenvalue weighted by molar-refractivity contribution is 0.116. The van der Waals surface area contributed by atoms with Gasteiger partial charge in [-0.3, -0.25) is 9.97 Å². The summed E-state index contributed by atoms with van der Waals surface area (Å²) in [6.45, 7) is 2.15. The summed E-state index contributed by atoms with van der Waals surface area (Å²) < 4.78 is 35.3. The van der Waals surface area contributed by atoms with Crippen molar-refractivity contribution >= 4 is 0 Å². The van der Waals surface area contributed by atoms with Crippen LogP contribution in [0.1, 0.15) is 23.7 Å². The molecule has 0 aliphatic heterocycles. The first-order chi connectivity index (χ1) is 11.1. The molecular formula is C15H12F2N4O2. The van der Waals surface area contributed by atoms with Crippen LogP contribution in [0.4, 0.5) is 8.78 Å². The Bertz CT molecular complexity index is 790. The van der Waals surface area contributed by atoms with Crippen LogP contribution in [0.5, 0.6) is 5.75 Å². The fourth-order valence-corrected chi connectivity index (χ4v) is 1.84. The molecule has 0 aliphatic carbocycles. The summed E-state index contributed by atoms with van der Waals surface area (Å²) in [4.78, 5) is 8.27. The van der Waals surface area contributed by atoms with Crippen LogP contribution in [-0.2, 0) is 6.61 Å². The third-order valence-electron chi connectivity index (χ3n) is 2.95. The molecule has 0 amide bonds. The van der Waals surface area contributed by atoms with E-state index in [0.717, 1.165) is 5.69 Å². The highest BCUT2D eigenvalue weighted by Gasteiger charge is 2.17. The second-order valence-electron chi connectivity index (χ2n) is 4.71. The van der Waals surface area contributed by atoms with Gasteiger partial charge in [0.25, 0.3) is 5.89 Å². The van der Waals surface area contributed by atoms with E-state index < -0.39 is 12.3 Å². The number of alkyl halides is 2. The molecule has 0 atom stereocenters. The van der Waals surface area contributed by atoms with Crippen LogP contribution in [0, 0.1) is 6.92 Å².